The van der Waals surface area contributed by atoms with E-state index < -0.39 is 11.9 Å². The highest BCUT2D eigenvalue weighted by molar-refractivity contribution is 6.14. The second-order valence-electron chi connectivity index (χ2n) is 7.37. The molecule has 1 aliphatic heterocycles. The summed E-state index contributed by atoms with van der Waals surface area (Å²) in [6.07, 6.45) is 3.50. The summed E-state index contributed by atoms with van der Waals surface area (Å²) < 4.78 is 1.45. The molecular formula is C24H24N4O3. The zero-order valence-corrected chi connectivity index (χ0v) is 17.3. The molecule has 158 valence electrons. The number of para-hydroxylation sites is 1. The Hall–Kier alpha value is -3.87. The molecule has 3 aromatic rings. The van der Waals surface area contributed by atoms with Crippen molar-refractivity contribution in [1.82, 2.24) is 20.0 Å². The third kappa shape index (κ3) is 4.21. The number of nitrogens with zero attached hydrogens (tertiary/aromatic N) is 2. The van der Waals surface area contributed by atoms with Crippen LogP contribution >= 0.6 is 0 Å². The first kappa shape index (κ1) is 20.4. The zero-order valence-electron chi connectivity index (χ0n) is 17.3. The van der Waals surface area contributed by atoms with Gasteiger partial charge in [-0.1, -0.05) is 55.5 Å². The van der Waals surface area contributed by atoms with Gasteiger partial charge in [-0.25, -0.2) is 9.48 Å². The zero-order chi connectivity index (χ0) is 21.8. The minimum absolute atomic E-state index is 0.121. The van der Waals surface area contributed by atoms with Crippen molar-refractivity contribution >= 4 is 18.0 Å². The largest absolute Gasteiger partial charge is 0.329 e. The number of nitrogens with one attached hydrogen (secondary N) is 2. The molecule has 4 rings (SSSR count). The van der Waals surface area contributed by atoms with E-state index >= 15 is 0 Å². The van der Waals surface area contributed by atoms with Gasteiger partial charge in [0.15, 0.2) is 0 Å². The Labute approximate surface area is 180 Å². The van der Waals surface area contributed by atoms with E-state index in [9.17, 15) is 14.4 Å². The van der Waals surface area contributed by atoms with Gasteiger partial charge in [-0.05, 0) is 43.0 Å². The topological polar surface area (TPSA) is 87.2 Å². The summed E-state index contributed by atoms with van der Waals surface area (Å²) in [6.45, 7) is 2.24. The third-order valence-electron chi connectivity index (χ3n) is 5.31. The fourth-order valence-corrected chi connectivity index (χ4v) is 3.68. The van der Waals surface area contributed by atoms with Crippen LogP contribution in [0.3, 0.4) is 0 Å². The van der Waals surface area contributed by atoms with Crippen LogP contribution in [0.25, 0.3) is 11.8 Å². The van der Waals surface area contributed by atoms with Crippen molar-refractivity contribution in [3.63, 3.8) is 0 Å². The molecule has 0 bridgehead atoms. The lowest BCUT2D eigenvalue weighted by Gasteiger charge is -2.11. The van der Waals surface area contributed by atoms with Crippen LogP contribution in [0.2, 0.25) is 0 Å². The Morgan fingerprint density at radius 2 is 1.61 bits per heavy atom. The highest BCUT2D eigenvalue weighted by atomic mass is 16.2. The van der Waals surface area contributed by atoms with Gasteiger partial charge in [-0.15, -0.1) is 0 Å². The molecule has 1 aliphatic rings. The highest BCUT2D eigenvalue weighted by Gasteiger charge is 2.33. The number of hydrogen-bond acceptors (Lipinski definition) is 3. The van der Waals surface area contributed by atoms with Crippen molar-refractivity contribution in [3.8, 4) is 5.69 Å². The van der Waals surface area contributed by atoms with E-state index in [1.165, 1.54) is 15.7 Å². The Morgan fingerprint density at radius 1 is 0.935 bits per heavy atom. The van der Waals surface area contributed by atoms with E-state index in [2.05, 4.69) is 10.4 Å². The van der Waals surface area contributed by atoms with Gasteiger partial charge in [-0.2, -0.15) is 0 Å². The van der Waals surface area contributed by atoms with Crippen molar-refractivity contribution in [1.29, 1.82) is 0 Å². The molecule has 0 unspecified atom stereocenters. The van der Waals surface area contributed by atoms with Crippen LogP contribution in [0.15, 0.2) is 71.2 Å². The molecule has 1 saturated heterocycles. The minimum Gasteiger partial charge on any atom is -0.303 e. The molecule has 0 aliphatic carbocycles. The Bertz CT molecular complexity index is 1180. The Kier molecular flexibility index (Phi) is 5.84. The number of carbonyl (C=O) groups excluding carboxylic acids is 2. The molecule has 2 N–H and O–H groups in total. The average molecular weight is 416 g/mol. The molecule has 1 aromatic heterocycles. The number of imide groups is 1. The number of aromatic amines is 1. The maximum Gasteiger partial charge on any atom is 0.329 e. The molecule has 3 amide bonds. The number of amides is 3. The van der Waals surface area contributed by atoms with Crippen molar-refractivity contribution in [3.05, 3.63) is 93.5 Å². The number of hydrogen-bond donors (Lipinski definition) is 2. The molecule has 0 saturated carbocycles. The van der Waals surface area contributed by atoms with Crippen molar-refractivity contribution in [2.24, 2.45) is 0 Å². The number of carbonyl (C=O) groups is 2. The van der Waals surface area contributed by atoms with Gasteiger partial charge in [0.2, 0.25) is 0 Å². The van der Waals surface area contributed by atoms with E-state index in [4.69, 9.17) is 0 Å². The first-order chi connectivity index (χ1) is 15.1. The molecule has 1 fully saturated rings. The van der Waals surface area contributed by atoms with Gasteiger partial charge in [0.25, 0.3) is 11.5 Å². The first-order valence-electron chi connectivity index (χ1n) is 10.4. The number of H-pyrrole nitrogens is 1. The van der Waals surface area contributed by atoms with Gasteiger partial charge in [0.1, 0.15) is 5.70 Å². The number of benzene rings is 2. The third-order valence-corrected chi connectivity index (χ3v) is 5.31. The van der Waals surface area contributed by atoms with E-state index in [0.717, 1.165) is 12.0 Å². The normalized spacial score (nSPS) is 15.0. The van der Waals surface area contributed by atoms with Crippen LogP contribution in [0.5, 0.6) is 0 Å². The average Bonchev–Trinajstić information content (AvgIpc) is 3.26. The van der Waals surface area contributed by atoms with E-state index in [1.807, 2.05) is 67.6 Å². The molecule has 7 heteroatoms. The van der Waals surface area contributed by atoms with Crippen LogP contribution in [-0.2, 0) is 17.6 Å². The van der Waals surface area contributed by atoms with Crippen molar-refractivity contribution in [2.75, 3.05) is 6.54 Å². The fraction of sp³-hybridized carbons (Fsp3) is 0.208. The predicted octanol–water partition coefficient (Wildman–Crippen LogP) is 3.25. The van der Waals surface area contributed by atoms with Crippen molar-refractivity contribution in [2.45, 2.75) is 26.2 Å². The molecule has 0 atom stereocenters. The fourth-order valence-electron chi connectivity index (χ4n) is 3.68. The number of rotatable bonds is 7. The molecule has 2 heterocycles. The second kappa shape index (κ2) is 8.87. The summed E-state index contributed by atoms with van der Waals surface area (Å²) in [5.74, 6) is -0.410. The van der Waals surface area contributed by atoms with Crippen molar-refractivity contribution < 1.29 is 9.59 Å². The maximum atomic E-state index is 13.0. The summed E-state index contributed by atoms with van der Waals surface area (Å²) in [6, 6.07) is 18.7. The van der Waals surface area contributed by atoms with Crippen LogP contribution in [0.1, 0.15) is 30.2 Å². The van der Waals surface area contributed by atoms with Crippen LogP contribution in [-0.4, -0.2) is 33.2 Å². The van der Waals surface area contributed by atoms with Gasteiger partial charge in [-0.3, -0.25) is 19.6 Å². The lowest BCUT2D eigenvalue weighted by molar-refractivity contribution is -0.122. The van der Waals surface area contributed by atoms with Gasteiger partial charge in [0, 0.05) is 12.2 Å². The number of urea groups is 1. The lowest BCUT2D eigenvalue weighted by Crippen LogP contribution is -2.32. The first-order valence-corrected chi connectivity index (χ1v) is 10.4. The van der Waals surface area contributed by atoms with Crippen LogP contribution in [0.4, 0.5) is 4.79 Å². The molecule has 7 nitrogen and oxygen atoms in total. The van der Waals surface area contributed by atoms with E-state index in [1.54, 1.807) is 0 Å². The summed E-state index contributed by atoms with van der Waals surface area (Å²) in [4.78, 5) is 39.3. The monoisotopic (exact) mass is 416 g/mol. The van der Waals surface area contributed by atoms with Crippen LogP contribution in [0, 0.1) is 0 Å². The molecule has 0 radical (unpaired) electrons. The standard InChI is InChI=1S/C24H24N4O3/c1-2-20-19(22(29)28(26-20)18-13-7-4-8-14-18)16-21-23(30)27(24(31)25-21)15-9-12-17-10-5-3-6-11-17/h3-8,10-11,13-14,16,26H,2,9,12,15H2,1H3,(H,25,31). The molecule has 2 aromatic carbocycles. The van der Waals surface area contributed by atoms with E-state index in [0.29, 0.717) is 36.3 Å². The minimum atomic E-state index is -0.457. The number of aryl methyl sites for hydroxylation is 2. The molecule has 31 heavy (non-hydrogen) atoms. The van der Waals surface area contributed by atoms with Gasteiger partial charge < -0.3 is 5.32 Å². The quantitative estimate of drug-likeness (QED) is 0.458. The SMILES string of the molecule is CCc1[nH]n(-c2ccccc2)c(=O)c1C=C1NC(=O)N(CCCc2ccccc2)C1=O. The van der Waals surface area contributed by atoms with E-state index in [-0.39, 0.29) is 11.3 Å². The highest BCUT2D eigenvalue weighted by Crippen LogP contribution is 2.17. The van der Waals surface area contributed by atoms with Gasteiger partial charge in [0.05, 0.1) is 11.3 Å². The van der Waals surface area contributed by atoms with Crippen LogP contribution < -0.4 is 10.9 Å². The summed E-state index contributed by atoms with van der Waals surface area (Å²) in [5.41, 5.74) is 2.80. The lowest BCUT2D eigenvalue weighted by atomic mass is 10.1. The summed E-state index contributed by atoms with van der Waals surface area (Å²) >= 11 is 0. The predicted molar refractivity (Wildman–Crippen MR) is 119 cm³/mol. The maximum absolute atomic E-state index is 13.0. The second-order valence-corrected chi connectivity index (χ2v) is 7.37. The smallest absolute Gasteiger partial charge is 0.303 e. The molecular weight excluding hydrogens is 392 g/mol. The van der Waals surface area contributed by atoms with Gasteiger partial charge >= 0.3 is 6.03 Å². The number of aromatic nitrogens is 2. The molecule has 0 spiro atoms. The Morgan fingerprint density at radius 3 is 2.29 bits per heavy atom. The summed E-state index contributed by atoms with van der Waals surface area (Å²) in [5, 5.41) is 5.72. The Balaban J connectivity index is 1.54. The summed E-state index contributed by atoms with van der Waals surface area (Å²) in [7, 11) is 0.